The molecule has 1 aliphatic carbocycles. The van der Waals surface area contributed by atoms with E-state index in [2.05, 4.69) is 41.9 Å². The standard InChI is InChI=1S/C60H70N8O15S/c1-57(2,3)80-53(73)65-50(66-54(74)81-58(4,5)6)61-24-26-77-39-15-13-14-35(29-39)40-20-16-34(28-45(40)78-27-25-62-51(67-55(75)82-59(7,8)9)68-56(76)83-60(10,11)12)33-63-52(84)64-36-17-21-41(44(30-36)49(71)72)48-42-22-18-37(69)31-46(42)79-47-32-38(70)19-23-43(47)48/h13-23,28-32,69H,24-27,33H2,1-12H3,(H,71,72)(H2,63,64,84)(H2,61,65,66,73,74)(H2,62,67,68,75,76). The van der Waals surface area contributed by atoms with E-state index in [1.165, 1.54) is 30.3 Å². The van der Waals surface area contributed by atoms with E-state index in [0.29, 0.717) is 56.0 Å². The molecule has 446 valence electrons. The molecule has 0 fully saturated rings. The molecule has 8 N–H and O–H groups in total. The molecule has 0 saturated heterocycles. The number of phenols is 1. The molecule has 4 aromatic rings. The van der Waals surface area contributed by atoms with Gasteiger partial charge in [0.25, 0.3) is 0 Å². The van der Waals surface area contributed by atoms with Crippen molar-refractivity contribution in [3.05, 3.63) is 118 Å². The van der Waals surface area contributed by atoms with Gasteiger partial charge in [0.2, 0.25) is 11.9 Å². The third kappa shape index (κ3) is 20.2. The highest BCUT2D eigenvalue weighted by atomic mass is 32.1. The molecule has 23 nitrogen and oxygen atoms in total. The number of amides is 4. The summed E-state index contributed by atoms with van der Waals surface area (Å²) in [6.45, 7) is 20.2. The number of carbonyl (C=O) groups excluding carboxylic acids is 4. The van der Waals surface area contributed by atoms with Crippen LogP contribution < -0.4 is 46.8 Å². The van der Waals surface area contributed by atoms with Crippen LogP contribution in [-0.4, -0.2) is 106 Å². The Morgan fingerprint density at radius 2 is 1.13 bits per heavy atom. The zero-order valence-corrected chi connectivity index (χ0v) is 49.6. The van der Waals surface area contributed by atoms with Crippen molar-refractivity contribution < 1.29 is 67.0 Å². The van der Waals surface area contributed by atoms with Crippen molar-refractivity contribution in [2.45, 2.75) is 112 Å². The molecule has 0 aromatic heterocycles. The Kier molecular flexibility index (Phi) is 20.5. The second kappa shape index (κ2) is 27.1. The maximum atomic E-state index is 12.9. The first-order valence-electron chi connectivity index (χ1n) is 26.5. The molecule has 0 unspecified atom stereocenters. The van der Waals surface area contributed by atoms with E-state index in [0.717, 1.165) is 0 Å². The lowest BCUT2D eigenvalue weighted by molar-refractivity contribution is 0.0521. The van der Waals surface area contributed by atoms with Gasteiger partial charge in [-0.25, -0.2) is 34.0 Å². The van der Waals surface area contributed by atoms with Crippen LogP contribution in [0.2, 0.25) is 0 Å². The zero-order chi connectivity index (χ0) is 61.7. The fourth-order valence-electron chi connectivity index (χ4n) is 7.77. The molecule has 0 spiro atoms. The van der Waals surface area contributed by atoms with Crippen LogP contribution in [0.25, 0.3) is 44.5 Å². The Labute approximate surface area is 490 Å². The number of rotatable bonds is 14. The van der Waals surface area contributed by atoms with E-state index >= 15 is 0 Å². The second-order valence-electron chi connectivity index (χ2n) is 22.7. The first-order chi connectivity index (χ1) is 39.3. The van der Waals surface area contributed by atoms with Crippen LogP contribution in [-0.2, 0) is 25.5 Å². The molecule has 4 aromatic carbocycles. The Bertz CT molecular complexity index is 3450. The van der Waals surface area contributed by atoms with Crippen LogP contribution in [0.5, 0.6) is 17.2 Å². The van der Waals surface area contributed by atoms with Gasteiger partial charge < -0.3 is 53.7 Å². The molecule has 4 amide bonds. The number of nitrogens with zero attached hydrogens (tertiary/aromatic N) is 2. The minimum Gasteiger partial charge on any atom is -0.508 e. The average molecular weight is 1180 g/mol. The van der Waals surface area contributed by atoms with Gasteiger partial charge in [-0.3, -0.25) is 26.1 Å². The number of fused-ring (bicyclic) bond motifs is 2. The predicted molar refractivity (Wildman–Crippen MR) is 321 cm³/mol. The molecule has 84 heavy (non-hydrogen) atoms. The number of thiocarbonyl (C=S) groups is 1. The number of carboxylic acids is 1. The lowest BCUT2D eigenvalue weighted by atomic mass is 9.90. The molecule has 24 heteroatoms. The number of ether oxygens (including phenoxy) is 6. The minimum atomic E-state index is -1.23. The van der Waals surface area contributed by atoms with Gasteiger partial charge in [0, 0.05) is 46.4 Å². The summed E-state index contributed by atoms with van der Waals surface area (Å²) in [5, 5.41) is 37.5. The SMILES string of the molecule is CC(C)(C)OC(=O)NC(=NCCOc1cccc(-c2ccc(CNC(=S)Nc3ccc(-c4c5ccc(=O)cc-5oc5cc(O)ccc45)c(C(=O)O)c3)cc2OCCN=C(NC(=O)OC(C)(C)C)NC(=O)OC(C)(C)C)c1)NC(=O)OC(C)(C)C. The highest BCUT2D eigenvalue weighted by Crippen LogP contribution is 2.42. The third-order valence-corrected chi connectivity index (χ3v) is 11.1. The minimum absolute atomic E-state index is 0.00588. The topological polar surface area (TPSA) is 308 Å². The van der Waals surface area contributed by atoms with Gasteiger partial charge in [-0.1, -0.05) is 30.3 Å². The number of aromatic hydroxyl groups is 1. The van der Waals surface area contributed by atoms with Gasteiger partial charge in [0.15, 0.2) is 10.5 Å². The fraction of sp³-hybridized carbons (Fsp3) is 0.350. The van der Waals surface area contributed by atoms with Gasteiger partial charge in [0.05, 0.1) is 18.7 Å². The van der Waals surface area contributed by atoms with Gasteiger partial charge in [-0.2, -0.15) is 0 Å². The molecular weight excluding hydrogens is 1100 g/mol. The van der Waals surface area contributed by atoms with Crippen LogP contribution in [0.1, 0.15) is 99.0 Å². The van der Waals surface area contributed by atoms with Crippen molar-refractivity contribution in [1.82, 2.24) is 26.6 Å². The van der Waals surface area contributed by atoms with Crippen LogP contribution in [0.15, 0.2) is 116 Å². The summed E-state index contributed by atoms with van der Waals surface area (Å²) in [5.41, 5.74) is 0.126. The smallest absolute Gasteiger partial charge is 0.414 e. The van der Waals surface area contributed by atoms with Crippen molar-refractivity contribution in [2.75, 3.05) is 31.6 Å². The van der Waals surface area contributed by atoms with Crippen LogP contribution in [0.4, 0.5) is 24.9 Å². The fourth-order valence-corrected chi connectivity index (χ4v) is 7.96. The first kappa shape index (κ1) is 63.7. The maximum Gasteiger partial charge on any atom is 0.414 e. The number of guanidine groups is 2. The van der Waals surface area contributed by atoms with E-state index in [1.807, 2.05) is 18.2 Å². The maximum absolute atomic E-state index is 12.9. The number of anilines is 1. The van der Waals surface area contributed by atoms with E-state index < -0.39 is 52.7 Å². The Morgan fingerprint density at radius 1 is 0.595 bits per heavy atom. The number of phenolic OH excluding ortho intramolecular Hbond substituents is 1. The number of hydrogen-bond acceptors (Lipinski definition) is 17. The first-order valence-corrected chi connectivity index (χ1v) is 26.9. The van der Waals surface area contributed by atoms with Crippen molar-refractivity contribution in [3.63, 3.8) is 0 Å². The summed E-state index contributed by atoms with van der Waals surface area (Å²) in [6.07, 6.45) is -3.43. The summed E-state index contributed by atoms with van der Waals surface area (Å²) in [6, 6.07) is 26.0. The van der Waals surface area contributed by atoms with E-state index in [9.17, 15) is 39.0 Å². The summed E-state index contributed by atoms with van der Waals surface area (Å²) in [5.74, 6) is -0.734. The zero-order valence-electron chi connectivity index (χ0n) is 48.8. The number of carbonyl (C=O) groups is 5. The summed E-state index contributed by atoms with van der Waals surface area (Å²) in [4.78, 5) is 84.8. The quantitative estimate of drug-likeness (QED) is 0.0125. The predicted octanol–water partition coefficient (Wildman–Crippen LogP) is 10.7. The Balaban J connectivity index is 1.24. The summed E-state index contributed by atoms with van der Waals surface area (Å²) in [7, 11) is 0. The summed E-state index contributed by atoms with van der Waals surface area (Å²) >= 11 is 5.70. The van der Waals surface area contributed by atoms with Crippen molar-refractivity contribution in [2.24, 2.45) is 9.98 Å². The number of aromatic carboxylic acids is 1. The molecule has 0 bridgehead atoms. The van der Waals surface area contributed by atoms with E-state index in [1.54, 1.807) is 132 Å². The van der Waals surface area contributed by atoms with Gasteiger partial charge in [0.1, 0.15) is 64.2 Å². The van der Waals surface area contributed by atoms with E-state index in [-0.39, 0.29) is 78.0 Å². The van der Waals surface area contributed by atoms with Crippen molar-refractivity contribution in [1.29, 1.82) is 0 Å². The molecule has 0 atom stereocenters. The van der Waals surface area contributed by atoms with Crippen molar-refractivity contribution >= 4 is 76.2 Å². The van der Waals surface area contributed by atoms with Crippen LogP contribution >= 0.6 is 12.2 Å². The number of alkyl carbamates (subject to hydrolysis) is 4. The van der Waals surface area contributed by atoms with Crippen LogP contribution in [0.3, 0.4) is 0 Å². The molecule has 1 heterocycles. The molecule has 6 rings (SSSR count). The Morgan fingerprint density at radius 3 is 1.68 bits per heavy atom. The summed E-state index contributed by atoms with van der Waals surface area (Å²) < 4.78 is 39.9. The lowest BCUT2D eigenvalue weighted by Crippen LogP contribution is -2.47. The highest BCUT2D eigenvalue weighted by molar-refractivity contribution is 7.80. The lowest BCUT2D eigenvalue weighted by Gasteiger charge is -2.22. The molecule has 1 aliphatic heterocycles. The molecule has 0 radical (unpaired) electrons. The van der Waals surface area contributed by atoms with E-state index in [4.69, 9.17) is 45.1 Å². The number of benzene rings is 5. The number of carboxylic acid groups (broad SMARTS) is 1. The van der Waals surface area contributed by atoms with Gasteiger partial charge >= 0.3 is 30.3 Å². The number of hydrogen-bond donors (Lipinski definition) is 8. The second-order valence-corrected chi connectivity index (χ2v) is 23.1. The van der Waals surface area contributed by atoms with Crippen molar-refractivity contribution in [3.8, 4) is 50.8 Å². The van der Waals surface area contributed by atoms with Gasteiger partial charge in [-0.15, -0.1) is 0 Å². The number of aliphatic imine (C=N–C) groups is 2. The Hall–Kier alpha value is -9.45. The average Bonchev–Trinajstić information content (AvgIpc) is 0.991. The molecule has 0 saturated carbocycles. The molecular formula is C60H70N8O15S. The monoisotopic (exact) mass is 1170 g/mol. The van der Waals surface area contributed by atoms with Crippen LogP contribution in [0, 0.1) is 0 Å². The molecule has 2 aliphatic rings. The van der Waals surface area contributed by atoms with Gasteiger partial charge in [-0.05, 0) is 167 Å². The number of nitrogens with one attached hydrogen (secondary N) is 6. The highest BCUT2D eigenvalue weighted by Gasteiger charge is 2.26. The largest absolute Gasteiger partial charge is 0.508 e. The normalized spacial score (nSPS) is 11.5. The third-order valence-electron chi connectivity index (χ3n) is 10.8.